The number of halogens is 3. The van der Waals surface area contributed by atoms with E-state index in [9.17, 15) is 18.2 Å². The van der Waals surface area contributed by atoms with Crippen LogP contribution < -0.4 is 5.46 Å². The first-order valence-corrected chi connectivity index (χ1v) is 6.50. The Labute approximate surface area is 126 Å². The number of benzene rings is 2. The molecule has 0 spiro atoms. The quantitative estimate of drug-likeness (QED) is 0.516. The lowest BCUT2D eigenvalue weighted by Gasteiger charge is -2.09. The second kappa shape index (κ2) is 6.55. The molecule has 0 saturated heterocycles. The van der Waals surface area contributed by atoms with Crippen molar-refractivity contribution in [1.82, 2.24) is 0 Å². The summed E-state index contributed by atoms with van der Waals surface area (Å²) < 4.78 is 42.0. The van der Waals surface area contributed by atoms with Crippen LogP contribution in [-0.2, 0) is 16.7 Å². The smallest absolute Gasteiger partial charge is 0.423 e. The van der Waals surface area contributed by atoms with E-state index in [1.807, 2.05) is 6.07 Å². The number of hydrogen-bond donors (Lipinski definition) is 2. The third-order valence-electron chi connectivity index (χ3n) is 3.03. The van der Waals surface area contributed by atoms with Gasteiger partial charge < -0.3 is 9.12 Å². The molecule has 2 nitrogen and oxygen atoms in total. The average molecular weight is 312 g/mol. The molecule has 1 N–H and O–H groups in total. The van der Waals surface area contributed by atoms with Crippen LogP contribution in [0.4, 0.5) is 13.2 Å². The average Bonchev–Trinajstić information content (AvgIpc) is 2.46. The van der Waals surface area contributed by atoms with E-state index < -0.39 is 18.9 Å². The number of thiol groups is 1. The maximum absolute atomic E-state index is 12.5. The predicted molar refractivity (Wildman–Crippen MR) is 78.4 cm³/mol. The maximum atomic E-state index is 12.5. The summed E-state index contributed by atoms with van der Waals surface area (Å²) in [5.41, 5.74) is 1.48. The molecule has 21 heavy (non-hydrogen) atoms. The highest BCUT2D eigenvalue weighted by Crippen LogP contribution is 2.29. The third kappa shape index (κ3) is 4.26. The molecule has 0 aliphatic heterocycles. The molecule has 0 aliphatic rings. The van der Waals surface area contributed by atoms with E-state index in [2.05, 4.69) is 17.0 Å². The van der Waals surface area contributed by atoms with Gasteiger partial charge in [0.15, 0.2) is 0 Å². The fourth-order valence-corrected chi connectivity index (χ4v) is 2.09. The van der Waals surface area contributed by atoms with Gasteiger partial charge in [-0.1, -0.05) is 36.4 Å². The molecule has 2 rings (SSSR count). The molecular formula is C14H12BF3O2S. The van der Waals surface area contributed by atoms with E-state index in [1.165, 1.54) is 12.1 Å². The van der Waals surface area contributed by atoms with E-state index in [-0.39, 0.29) is 0 Å². The van der Waals surface area contributed by atoms with Crippen molar-refractivity contribution in [2.24, 2.45) is 0 Å². The van der Waals surface area contributed by atoms with Crippen LogP contribution in [0, 0.1) is 0 Å². The molecule has 0 aliphatic carbocycles. The van der Waals surface area contributed by atoms with Gasteiger partial charge in [-0.15, -0.1) is 0 Å². The Bertz CT molecular complexity index is 602. The molecule has 0 heterocycles. The van der Waals surface area contributed by atoms with Gasteiger partial charge in [0.05, 0.1) is 5.56 Å². The normalized spacial score (nSPS) is 11.5. The molecule has 7 heteroatoms. The molecule has 0 amide bonds. The summed E-state index contributed by atoms with van der Waals surface area (Å²) in [6.45, 7) is 0. The fourth-order valence-electron chi connectivity index (χ4n) is 1.96. The van der Waals surface area contributed by atoms with Crippen LogP contribution in [0.5, 0.6) is 0 Å². The highest BCUT2D eigenvalue weighted by atomic mass is 32.1. The first-order chi connectivity index (χ1) is 9.90. The summed E-state index contributed by atoms with van der Waals surface area (Å²) in [7, 11) is -1.14. The molecule has 0 radical (unpaired) electrons. The Morgan fingerprint density at radius 2 is 1.71 bits per heavy atom. The van der Waals surface area contributed by atoms with Gasteiger partial charge in [-0.2, -0.15) is 13.2 Å². The molecule has 110 valence electrons. The van der Waals surface area contributed by atoms with Crippen LogP contribution in [0.25, 0.3) is 0 Å². The third-order valence-corrected chi connectivity index (χ3v) is 3.23. The van der Waals surface area contributed by atoms with Crippen molar-refractivity contribution in [2.45, 2.75) is 12.6 Å². The van der Waals surface area contributed by atoms with Crippen molar-refractivity contribution in [3.63, 3.8) is 0 Å². The summed E-state index contributed by atoms with van der Waals surface area (Å²) in [4.78, 5) is 0. The van der Waals surface area contributed by atoms with Gasteiger partial charge in [-0.3, -0.25) is 0 Å². The maximum Gasteiger partial charge on any atom is 0.502 e. The van der Waals surface area contributed by atoms with Crippen molar-refractivity contribution in [1.29, 1.82) is 0 Å². The molecule has 2 aromatic rings. The standard InChI is InChI=1S/C14H12BF3O2S/c16-14(17,18)12-6-4-10(5-7-12)8-11-2-1-3-13(9-11)15(19)20-21/h1-7,9,19,21H,8H2. The van der Waals surface area contributed by atoms with Crippen LogP contribution in [0.15, 0.2) is 48.5 Å². The summed E-state index contributed by atoms with van der Waals surface area (Å²) in [5.74, 6) is 0. The first-order valence-electron chi connectivity index (χ1n) is 6.13. The van der Waals surface area contributed by atoms with Crippen molar-refractivity contribution >= 4 is 25.5 Å². The minimum atomic E-state index is -4.33. The summed E-state index contributed by atoms with van der Waals surface area (Å²) in [6, 6.07) is 12.0. The SMILES string of the molecule is OB(OS)c1cccc(Cc2ccc(C(F)(F)F)cc2)c1. The van der Waals surface area contributed by atoms with Crippen LogP contribution >= 0.6 is 12.9 Å². The van der Waals surface area contributed by atoms with E-state index in [1.54, 1.807) is 18.2 Å². The van der Waals surface area contributed by atoms with Crippen molar-refractivity contribution < 1.29 is 22.3 Å². The number of rotatable bonds is 4. The Morgan fingerprint density at radius 3 is 2.29 bits per heavy atom. The first kappa shape index (κ1) is 15.9. The van der Waals surface area contributed by atoms with Gasteiger partial charge in [-0.25, -0.2) is 0 Å². The zero-order valence-electron chi connectivity index (χ0n) is 10.8. The van der Waals surface area contributed by atoms with Gasteiger partial charge >= 0.3 is 13.3 Å². The minimum absolute atomic E-state index is 0.464. The highest BCUT2D eigenvalue weighted by Gasteiger charge is 2.29. The lowest BCUT2D eigenvalue weighted by Crippen LogP contribution is -2.30. The second-order valence-corrected chi connectivity index (χ2v) is 4.79. The van der Waals surface area contributed by atoms with Gasteiger partial charge in [0.25, 0.3) is 0 Å². The minimum Gasteiger partial charge on any atom is -0.423 e. The summed E-state index contributed by atoms with van der Waals surface area (Å²) in [6.07, 6.45) is -3.86. The van der Waals surface area contributed by atoms with Crippen LogP contribution in [0.1, 0.15) is 16.7 Å². The topological polar surface area (TPSA) is 29.5 Å². The monoisotopic (exact) mass is 312 g/mol. The Kier molecular flexibility index (Phi) is 4.98. The molecule has 0 aromatic heterocycles. The fraction of sp³-hybridized carbons (Fsp3) is 0.143. The molecule has 0 saturated carbocycles. The molecule has 2 aromatic carbocycles. The van der Waals surface area contributed by atoms with E-state index in [0.717, 1.165) is 23.3 Å². The van der Waals surface area contributed by atoms with Crippen LogP contribution in [-0.4, -0.2) is 12.1 Å². The highest BCUT2D eigenvalue weighted by molar-refractivity contribution is 7.76. The van der Waals surface area contributed by atoms with Crippen LogP contribution in [0.3, 0.4) is 0 Å². The summed E-state index contributed by atoms with van der Waals surface area (Å²) in [5, 5.41) is 9.52. The largest absolute Gasteiger partial charge is 0.502 e. The number of alkyl halides is 3. The van der Waals surface area contributed by atoms with Crippen molar-refractivity contribution in [3.8, 4) is 0 Å². The molecule has 0 fully saturated rings. The molecule has 0 atom stereocenters. The Balaban J connectivity index is 2.15. The number of hydrogen-bond acceptors (Lipinski definition) is 3. The lowest BCUT2D eigenvalue weighted by molar-refractivity contribution is -0.137. The van der Waals surface area contributed by atoms with Gasteiger partial charge in [0.1, 0.15) is 0 Å². The summed E-state index contributed by atoms with van der Waals surface area (Å²) >= 11 is 3.54. The Morgan fingerprint density at radius 1 is 1.05 bits per heavy atom. The molecule has 0 unspecified atom stereocenters. The Hall–Kier alpha value is -1.44. The van der Waals surface area contributed by atoms with Gasteiger partial charge in [0, 0.05) is 0 Å². The van der Waals surface area contributed by atoms with Crippen molar-refractivity contribution in [2.75, 3.05) is 0 Å². The molecule has 0 bridgehead atoms. The van der Waals surface area contributed by atoms with Gasteiger partial charge in [-0.05, 0) is 48.1 Å². The zero-order valence-corrected chi connectivity index (χ0v) is 11.7. The molecular weight excluding hydrogens is 300 g/mol. The predicted octanol–water partition coefficient (Wildman–Crippen LogP) is 2.85. The van der Waals surface area contributed by atoms with E-state index in [4.69, 9.17) is 0 Å². The van der Waals surface area contributed by atoms with Gasteiger partial charge in [0.2, 0.25) is 0 Å². The lowest BCUT2D eigenvalue weighted by atomic mass is 9.79. The van der Waals surface area contributed by atoms with Crippen molar-refractivity contribution in [3.05, 3.63) is 65.2 Å². The van der Waals surface area contributed by atoms with Crippen LogP contribution in [0.2, 0.25) is 0 Å². The zero-order chi connectivity index (χ0) is 15.5. The van der Waals surface area contributed by atoms with E-state index in [0.29, 0.717) is 11.9 Å². The second-order valence-electron chi connectivity index (χ2n) is 4.57. The van der Waals surface area contributed by atoms with E-state index >= 15 is 0 Å².